The number of aryl methyl sites for hydroxylation is 3. The van der Waals surface area contributed by atoms with Crippen LogP contribution in [0.3, 0.4) is 0 Å². The summed E-state index contributed by atoms with van der Waals surface area (Å²) in [6, 6.07) is 15.8. The van der Waals surface area contributed by atoms with E-state index in [9.17, 15) is 14.3 Å². The number of aliphatic hydroxyl groups excluding tert-OH is 2. The average molecular weight is 421 g/mol. The fourth-order valence-corrected chi connectivity index (χ4v) is 3.71. The topological polar surface area (TPSA) is 78.8 Å². The van der Waals surface area contributed by atoms with Gasteiger partial charge in [0.25, 0.3) is 0 Å². The van der Waals surface area contributed by atoms with Crippen LogP contribution in [0.25, 0.3) is 0 Å². The highest BCUT2D eigenvalue weighted by molar-refractivity contribution is 6.11. The third-order valence-electron chi connectivity index (χ3n) is 5.40. The summed E-state index contributed by atoms with van der Waals surface area (Å²) in [6.07, 6.45) is 0.402. The molecule has 0 aliphatic heterocycles. The first kappa shape index (κ1) is 21.0. The van der Waals surface area contributed by atoms with Crippen molar-refractivity contribution in [2.45, 2.75) is 25.9 Å². The van der Waals surface area contributed by atoms with E-state index in [0.29, 0.717) is 35.4 Å². The fraction of sp³-hybridized carbons (Fsp3) is 0.240. The molecule has 0 heterocycles. The van der Waals surface area contributed by atoms with Gasteiger partial charge < -0.3 is 20.3 Å². The standard InChI is InChI=1S/C25H24FNO4/c1-15-2-9-24(23(26)10-15)27-18-6-8-21-17(11-18)4-3-16-5-7-20(12-22(16)25(21)30)31-14-19(29)13-28/h2,5-12,19,27-29H,3-4,13-14H2,1H3/t19-/m1/s1. The minimum atomic E-state index is -0.973. The molecule has 0 unspecified atom stereocenters. The second-order valence-electron chi connectivity index (χ2n) is 7.78. The van der Waals surface area contributed by atoms with E-state index in [1.54, 1.807) is 30.3 Å². The van der Waals surface area contributed by atoms with E-state index in [-0.39, 0.29) is 24.8 Å². The number of nitrogens with one attached hydrogen (secondary N) is 1. The van der Waals surface area contributed by atoms with Gasteiger partial charge in [-0.2, -0.15) is 0 Å². The molecule has 3 aromatic carbocycles. The molecule has 1 aliphatic carbocycles. The molecule has 160 valence electrons. The summed E-state index contributed by atoms with van der Waals surface area (Å²) in [4.78, 5) is 13.2. The van der Waals surface area contributed by atoms with Gasteiger partial charge in [0.05, 0.1) is 12.3 Å². The zero-order valence-corrected chi connectivity index (χ0v) is 17.2. The van der Waals surface area contributed by atoms with E-state index < -0.39 is 6.10 Å². The molecule has 6 heteroatoms. The molecule has 0 bridgehead atoms. The number of carbonyl (C=O) groups excluding carboxylic acids is 1. The first-order valence-corrected chi connectivity index (χ1v) is 10.2. The van der Waals surface area contributed by atoms with Crippen molar-refractivity contribution in [3.63, 3.8) is 0 Å². The molecule has 0 amide bonds. The third kappa shape index (κ3) is 4.60. The number of ketones is 1. The number of halogens is 1. The monoisotopic (exact) mass is 421 g/mol. The normalized spacial score (nSPS) is 13.7. The van der Waals surface area contributed by atoms with Gasteiger partial charge in [-0.15, -0.1) is 0 Å². The summed E-state index contributed by atoms with van der Waals surface area (Å²) in [7, 11) is 0. The van der Waals surface area contributed by atoms with Crippen LogP contribution in [0.5, 0.6) is 5.75 Å². The zero-order chi connectivity index (χ0) is 22.0. The van der Waals surface area contributed by atoms with Gasteiger partial charge in [0, 0.05) is 16.8 Å². The number of fused-ring (bicyclic) bond motifs is 2. The molecular formula is C25H24FNO4. The van der Waals surface area contributed by atoms with Crippen molar-refractivity contribution >= 4 is 17.2 Å². The molecule has 0 fully saturated rings. The van der Waals surface area contributed by atoms with Crippen molar-refractivity contribution in [2.75, 3.05) is 18.5 Å². The van der Waals surface area contributed by atoms with Gasteiger partial charge in [0.15, 0.2) is 5.78 Å². The molecule has 1 atom stereocenters. The maximum atomic E-state index is 14.2. The van der Waals surface area contributed by atoms with Crippen molar-refractivity contribution in [1.29, 1.82) is 0 Å². The summed E-state index contributed by atoms with van der Waals surface area (Å²) < 4.78 is 19.7. The molecule has 3 N–H and O–H groups in total. The van der Waals surface area contributed by atoms with E-state index >= 15 is 0 Å². The first-order valence-electron chi connectivity index (χ1n) is 10.2. The lowest BCUT2D eigenvalue weighted by Crippen LogP contribution is -2.21. The molecule has 0 aromatic heterocycles. The second kappa shape index (κ2) is 8.88. The van der Waals surface area contributed by atoms with Crippen LogP contribution in [0.2, 0.25) is 0 Å². The molecule has 1 aliphatic rings. The molecule has 0 spiro atoms. The van der Waals surface area contributed by atoms with Crippen molar-refractivity contribution in [3.05, 3.63) is 88.2 Å². The van der Waals surface area contributed by atoms with E-state index in [0.717, 1.165) is 22.4 Å². The Kier molecular flexibility index (Phi) is 6.02. The van der Waals surface area contributed by atoms with Gasteiger partial charge in [0.1, 0.15) is 24.3 Å². The predicted octanol–water partition coefficient (Wildman–Crippen LogP) is 3.94. The molecule has 0 radical (unpaired) electrons. The first-order chi connectivity index (χ1) is 14.9. The van der Waals surface area contributed by atoms with Crippen molar-refractivity contribution in [3.8, 4) is 5.75 Å². The largest absolute Gasteiger partial charge is 0.491 e. The molecule has 5 nitrogen and oxygen atoms in total. The number of anilines is 2. The summed E-state index contributed by atoms with van der Waals surface area (Å²) in [5, 5.41) is 21.5. The quantitative estimate of drug-likeness (QED) is 0.562. The number of hydrogen-bond acceptors (Lipinski definition) is 5. The smallest absolute Gasteiger partial charge is 0.193 e. The molecule has 0 saturated heterocycles. The van der Waals surface area contributed by atoms with Gasteiger partial charge in [-0.25, -0.2) is 4.39 Å². The molecule has 0 saturated carbocycles. The highest BCUT2D eigenvalue weighted by Gasteiger charge is 2.22. The van der Waals surface area contributed by atoms with Gasteiger partial charge >= 0.3 is 0 Å². The Hall–Kier alpha value is -3.22. The van der Waals surface area contributed by atoms with Crippen LogP contribution in [0, 0.1) is 12.7 Å². The maximum absolute atomic E-state index is 14.2. The Bertz CT molecular complexity index is 1130. The van der Waals surface area contributed by atoms with Gasteiger partial charge in [-0.05, 0) is 78.9 Å². The Labute approximate surface area is 180 Å². The van der Waals surface area contributed by atoms with Gasteiger partial charge in [-0.1, -0.05) is 12.1 Å². The van der Waals surface area contributed by atoms with Crippen LogP contribution in [0.15, 0.2) is 54.6 Å². The van der Waals surface area contributed by atoms with Crippen LogP contribution in [0.4, 0.5) is 15.8 Å². The van der Waals surface area contributed by atoms with E-state index in [1.807, 2.05) is 25.1 Å². The lowest BCUT2D eigenvalue weighted by Gasteiger charge is -2.13. The zero-order valence-electron chi connectivity index (χ0n) is 17.2. The number of hydrogen-bond donors (Lipinski definition) is 3. The van der Waals surface area contributed by atoms with Crippen molar-refractivity contribution < 1.29 is 24.1 Å². The number of carbonyl (C=O) groups is 1. The highest BCUT2D eigenvalue weighted by atomic mass is 19.1. The number of benzene rings is 3. The van der Waals surface area contributed by atoms with Gasteiger partial charge in [0.2, 0.25) is 0 Å². The summed E-state index contributed by atoms with van der Waals surface area (Å²) >= 11 is 0. The Morgan fingerprint density at radius 3 is 2.61 bits per heavy atom. The fourth-order valence-electron chi connectivity index (χ4n) is 3.71. The van der Waals surface area contributed by atoms with E-state index in [2.05, 4.69) is 5.32 Å². The summed E-state index contributed by atoms with van der Waals surface area (Å²) in [6.45, 7) is 1.40. The maximum Gasteiger partial charge on any atom is 0.193 e. The molecule has 3 aromatic rings. The third-order valence-corrected chi connectivity index (χ3v) is 5.40. The van der Waals surface area contributed by atoms with Gasteiger partial charge in [-0.3, -0.25) is 4.79 Å². The average Bonchev–Trinajstić information content (AvgIpc) is 2.90. The van der Waals surface area contributed by atoms with Crippen LogP contribution >= 0.6 is 0 Å². The van der Waals surface area contributed by atoms with Crippen molar-refractivity contribution in [2.24, 2.45) is 0 Å². The van der Waals surface area contributed by atoms with Crippen molar-refractivity contribution in [1.82, 2.24) is 0 Å². The summed E-state index contributed by atoms with van der Waals surface area (Å²) in [5.41, 5.74) is 4.97. The SMILES string of the molecule is Cc1ccc(Nc2ccc3c(c2)CCc2ccc(OC[C@H](O)CO)cc2C3=O)c(F)c1. The predicted molar refractivity (Wildman–Crippen MR) is 117 cm³/mol. The minimum Gasteiger partial charge on any atom is -0.491 e. The number of rotatable bonds is 6. The number of aliphatic hydroxyl groups is 2. The van der Waals surface area contributed by atoms with E-state index in [4.69, 9.17) is 9.84 Å². The molecular weight excluding hydrogens is 397 g/mol. The molecule has 4 rings (SSSR count). The van der Waals surface area contributed by atoms with Crippen LogP contribution < -0.4 is 10.1 Å². The van der Waals surface area contributed by atoms with Crippen LogP contribution in [-0.4, -0.2) is 35.3 Å². The Balaban J connectivity index is 1.58. The number of ether oxygens (including phenoxy) is 1. The lowest BCUT2D eigenvalue weighted by molar-refractivity contribution is 0.0536. The van der Waals surface area contributed by atoms with E-state index in [1.165, 1.54) is 6.07 Å². The lowest BCUT2D eigenvalue weighted by atomic mass is 9.98. The Morgan fingerprint density at radius 1 is 1.03 bits per heavy atom. The van der Waals surface area contributed by atoms with Crippen LogP contribution in [0.1, 0.15) is 32.6 Å². The second-order valence-corrected chi connectivity index (χ2v) is 7.78. The molecule has 31 heavy (non-hydrogen) atoms. The summed E-state index contributed by atoms with van der Waals surface area (Å²) in [5.74, 6) is 0.0529. The minimum absolute atomic E-state index is 0.0509. The highest BCUT2D eigenvalue weighted by Crippen LogP contribution is 2.30. The van der Waals surface area contributed by atoms with Crippen LogP contribution in [-0.2, 0) is 12.8 Å². The Morgan fingerprint density at radius 2 is 1.84 bits per heavy atom.